The maximum Gasteiger partial charge on any atom is 0.460 e. The molecule has 0 fully saturated rings. The van der Waals surface area contributed by atoms with Crippen LogP contribution in [-0.2, 0) is 18.5 Å². The standard InChI is InChI=1S/C34H24F16N2/c35-27(23-9-1-19(2-10-23)17-21-5-13-25(51)14-6-21,24-11-3-20(4-12-24)18-22-7-15-26(52)16-8-22)28(36,37)29(38,39)30(40,41)31(42,43)32(44,45)33(46,47)34(48,49)50/h1-16H,17-18,51-52H2. The van der Waals surface area contributed by atoms with Crippen molar-refractivity contribution in [2.45, 2.75) is 60.2 Å². The Morgan fingerprint density at radius 3 is 0.808 bits per heavy atom. The summed E-state index contributed by atoms with van der Waals surface area (Å²) in [4.78, 5) is 0. The van der Waals surface area contributed by atoms with E-state index in [0.717, 1.165) is 24.3 Å². The Kier molecular flexibility index (Phi) is 10.1. The van der Waals surface area contributed by atoms with Crippen molar-refractivity contribution in [1.29, 1.82) is 0 Å². The van der Waals surface area contributed by atoms with Crippen LogP contribution in [0.2, 0.25) is 0 Å². The second-order valence-electron chi connectivity index (χ2n) is 11.8. The number of anilines is 2. The van der Waals surface area contributed by atoms with Crippen LogP contribution >= 0.6 is 0 Å². The average Bonchev–Trinajstić information content (AvgIpc) is 3.06. The molecule has 0 aliphatic rings. The van der Waals surface area contributed by atoms with Crippen LogP contribution < -0.4 is 11.5 Å². The first-order valence-electron chi connectivity index (χ1n) is 14.6. The van der Waals surface area contributed by atoms with Crippen molar-refractivity contribution in [3.8, 4) is 0 Å². The summed E-state index contributed by atoms with van der Waals surface area (Å²) in [5.74, 6) is -49.1. The summed E-state index contributed by atoms with van der Waals surface area (Å²) >= 11 is 0. The lowest BCUT2D eigenvalue weighted by molar-refractivity contribution is -0.457. The zero-order valence-corrected chi connectivity index (χ0v) is 25.9. The molecule has 4 aromatic carbocycles. The summed E-state index contributed by atoms with van der Waals surface area (Å²) in [5.41, 5.74) is 4.53. The van der Waals surface area contributed by atoms with Gasteiger partial charge in [-0.05, 0) is 70.5 Å². The zero-order valence-electron chi connectivity index (χ0n) is 25.9. The van der Waals surface area contributed by atoms with E-state index in [1.165, 1.54) is 48.5 Å². The molecule has 52 heavy (non-hydrogen) atoms. The molecule has 282 valence electrons. The molecule has 4 aromatic rings. The molecule has 0 radical (unpaired) electrons. The Labute approximate surface area is 284 Å². The van der Waals surface area contributed by atoms with E-state index in [2.05, 4.69) is 0 Å². The first-order valence-corrected chi connectivity index (χ1v) is 14.6. The molecule has 0 amide bonds. The van der Waals surface area contributed by atoms with Crippen molar-refractivity contribution in [1.82, 2.24) is 0 Å². The highest BCUT2D eigenvalue weighted by Gasteiger charge is 2.95. The molecule has 4 rings (SSSR count). The van der Waals surface area contributed by atoms with Gasteiger partial charge in [0.25, 0.3) is 0 Å². The molecule has 0 aliphatic heterocycles. The maximum atomic E-state index is 17.0. The fourth-order valence-corrected chi connectivity index (χ4v) is 5.16. The lowest BCUT2D eigenvalue weighted by atomic mass is 9.76. The van der Waals surface area contributed by atoms with Crippen LogP contribution in [0, 0.1) is 0 Å². The fourth-order valence-electron chi connectivity index (χ4n) is 5.16. The summed E-state index contributed by atoms with van der Waals surface area (Å²) in [5, 5.41) is 0. The predicted octanol–water partition coefficient (Wildman–Crippen LogP) is 10.6. The molecule has 0 spiro atoms. The Morgan fingerprint density at radius 2 is 0.538 bits per heavy atom. The smallest absolute Gasteiger partial charge is 0.399 e. The Balaban J connectivity index is 1.86. The molecule has 4 N–H and O–H groups in total. The quantitative estimate of drug-likeness (QED) is 0.112. The number of rotatable bonds is 12. The van der Waals surface area contributed by atoms with Gasteiger partial charge in [0, 0.05) is 11.4 Å². The monoisotopic (exact) mass is 764 g/mol. The van der Waals surface area contributed by atoms with Crippen LogP contribution in [0.4, 0.5) is 81.6 Å². The summed E-state index contributed by atoms with van der Waals surface area (Å²) in [6, 6.07) is 16.7. The Morgan fingerprint density at radius 1 is 0.308 bits per heavy atom. The minimum atomic E-state index is -8.57. The molecule has 0 atom stereocenters. The van der Waals surface area contributed by atoms with Gasteiger partial charge >= 0.3 is 41.7 Å². The minimum Gasteiger partial charge on any atom is -0.399 e. The molecule has 0 unspecified atom stereocenters. The number of hydrogen-bond acceptors (Lipinski definition) is 2. The Hall–Kier alpha value is -4.64. The molecule has 2 nitrogen and oxygen atoms in total. The molecule has 0 heterocycles. The molecule has 0 bridgehead atoms. The van der Waals surface area contributed by atoms with Gasteiger partial charge in [-0.25, -0.2) is 4.39 Å². The van der Waals surface area contributed by atoms with E-state index in [-0.39, 0.29) is 24.0 Å². The number of benzene rings is 4. The van der Waals surface area contributed by atoms with Gasteiger partial charge < -0.3 is 11.5 Å². The van der Waals surface area contributed by atoms with Crippen LogP contribution in [0.25, 0.3) is 0 Å². The highest BCUT2D eigenvalue weighted by Crippen LogP contribution is 2.65. The minimum absolute atomic E-state index is 0.0426. The van der Waals surface area contributed by atoms with E-state index in [9.17, 15) is 48.3 Å². The number of halogens is 16. The molecule has 0 saturated heterocycles. The van der Waals surface area contributed by atoms with E-state index >= 15 is 22.0 Å². The zero-order chi connectivity index (χ0) is 39.3. The third kappa shape index (κ3) is 6.37. The van der Waals surface area contributed by atoms with Gasteiger partial charge in [-0.1, -0.05) is 72.8 Å². The van der Waals surface area contributed by atoms with Crippen LogP contribution in [0.3, 0.4) is 0 Å². The van der Waals surface area contributed by atoms with Gasteiger partial charge in [-0.15, -0.1) is 0 Å². The maximum absolute atomic E-state index is 17.0. The second-order valence-corrected chi connectivity index (χ2v) is 11.8. The van der Waals surface area contributed by atoms with Crippen molar-refractivity contribution < 1.29 is 70.2 Å². The molecule has 0 saturated carbocycles. The van der Waals surface area contributed by atoms with Gasteiger partial charge in [-0.3, -0.25) is 0 Å². The van der Waals surface area contributed by atoms with Crippen LogP contribution in [0.1, 0.15) is 33.4 Å². The SMILES string of the molecule is Nc1ccc(Cc2ccc(C(F)(c3ccc(Cc4ccc(N)cc4)cc3)C(F)(F)C(F)(F)C(F)(F)C(F)(F)C(F)(F)C(F)(F)C(F)(F)F)cc2)cc1. The summed E-state index contributed by atoms with van der Waals surface area (Å²) in [6.45, 7) is 0. The van der Waals surface area contributed by atoms with E-state index in [4.69, 9.17) is 11.5 Å². The van der Waals surface area contributed by atoms with E-state index in [1.807, 2.05) is 0 Å². The second kappa shape index (κ2) is 13.1. The third-order valence-electron chi connectivity index (χ3n) is 8.24. The van der Waals surface area contributed by atoms with Crippen molar-refractivity contribution >= 4 is 11.4 Å². The van der Waals surface area contributed by atoms with Crippen molar-refractivity contribution in [2.24, 2.45) is 0 Å². The molecule has 18 heteroatoms. The van der Waals surface area contributed by atoms with Crippen molar-refractivity contribution in [3.05, 3.63) is 130 Å². The van der Waals surface area contributed by atoms with E-state index < -0.39 is 58.5 Å². The molecular formula is C34H24F16N2. The summed E-state index contributed by atoms with van der Waals surface area (Å²) in [6.07, 6.45) is -7.85. The van der Waals surface area contributed by atoms with Gasteiger partial charge in [0.05, 0.1) is 0 Å². The van der Waals surface area contributed by atoms with Gasteiger partial charge in [-0.2, -0.15) is 65.9 Å². The van der Waals surface area contributed by atoms with Crippen molar-refractivity contribution in [2.75, 3.05) is 11.5 Å². The predicted molar refractivity (Wildman–Crippen MR) is 158 cm³/mol. The highest BCUT2D eigenvalue weighted by molar-refractivity contribution is 5.46. The highest BCUT2D eigenvalue weighted by atomic mass is 19.4. The summed E-state index contributed by atoms with van der Waals surface area (Å²) < 4.78 is 230. The van der Waals surface area contributed by atoms with E-state index in [0.29, 0.717) is 46.8 Å². The van der Waals surface area contributed by atoms with Gasteiger partial charge in [0.2, 0.25) is 5.67 Å². The number of hydrogen-bond donors (Lipinski definition) is 2. The van der Waals surface area contributed by atoms with Gasteiger partial charge in [0.15, 0.2) is 0 Å². The van der Waals surface area contributed by atoms with Crippen molar-refractivity contribution in [3.63, 3.8) is 0 Å². The number of nitrogens with two attached hydrogens (primary N) is 2. The average molecular weight is 765 g/mol. The number of nitrogen functional groups attached to an aromatic ring is 2. The summed E-state index contributed by atoms with van der Waals surface area (Å²) in [7, 11) is 0. The van der Waals surface area contributed by atoms with Crippen LogP contribution in [0.15, 0.2) is 97.1 Å². The van der Waals surface area contributed by atoms with Crippen LogP contribution in [-0.4, -0.2) is 41.7 Å². The van der Waals surface area contributed by atoms with Gasteiger partial charge in [0.1, 0.15) is 0 Å². The lowest BCUT2D eigenvalue weighted by Crippen LogP contribution is -2.74. The fraction of sp³-hybridized carbons (Fsp3) is 0.294. The largest absolute Gasteiger partial charge is 0.460 e. The first kappa shape index (κ1) is 40.1. The van der Waals surface area contributed by atoms with E-state index in [1.54, 1.807) is 0 Å². The third-order valence-corrected chi connectivity index (χ3v) is 8.24. The molecule has 0 aliphatic carbocycles. The number of alkyl halides is 16. The first-order chi connectivity index (χ1) is 23.6. The normalized spacial score (nSPS) is 14.1. The lowest BCUT2D eigenvalue weighted by Gasteiger charge is -2.45. The molecule has 0 aromatic heterocycles. The molecular weight excluding hydrogens is 740 g/mol. The topological polar surface area (TPSA) is 52.0 Å². The van der Waals surface area contributed by atoms with Crippen LogP contribution in [0.5, 0.6) is 0 Å². The Bertz CT molecular complexity index is 1740.